The summed E-state index contributed by atoms with van der Waals surface area (Å²) in [6, 6.07) is 18.2. The minimum atomic E-state index is 0.745. The number of pyridine rings is 1. The molecule has 0 unspecified atom stereocenters. The van der Waals surface area contributed by atoms with Gasteiger partial charge in [-0.1, -0.05) is 47.5 Å². The molecule has 1 aliphatic rings. The number of aromatic nitrogens is 1. The molecule has 1 heterocycles. The molecule has 2 aromatic carbocycles. The zero-order chi connectivity index (χ0) is 16.5. The van der Waals surface area contributed by atoms with Crippen molar-refractivity contribution in [2.24, 2.45) is 0 Å². The van der Waals surface area contributed by atoms with E-state index in [0.29, 0.717) is 0 Å². The molecular weight excluding hydrogens is 337 g/mol. The van der Waals surface area contributed by atoms with Crippen molar-refractivity contribution in [2.45, 2.75) is 25.7 Å². The van der Waals surface area contributed by atoms with E-state index in [1.54, 1.807) is 0 Å². The summed E-state index contributed by atoms with van der Waals surface area (Å²) >= 11 is 12.1. The van der Waals surface area contributed by atoms with E-state index in [-0.39, 0.29) is 0 Å². The molecule has 1 nitrogen and oxygen atoms in total. The van der Waals surface area contributed by atoms with Gasteiger partial charge in [-0.05, 0) is 72.7 Å². The topological polar surface area (TPSA) is 12.9 Å². The van der Waals surface area contributed by atoms with E-state index in [1.807, 2.05) is 36.4 Å². The lowest BCUT2D eigenvalue weighted by Crippen LogP contribution is -2.08. The van der Waals surface area contributed by atoms with Crippen LogP contribution < -0.4 is 0 Å². The first-order valence-corrected chi connectivity index (χ1v) is 9.01. The Morgan fingerprint density at radius 2 is 1.29 bits per heavy atom. The first-order chi connectivity index (χ1) is 11.7. The maximum absolute atomic E-state index is 6.06. The summed E-state index contributed by atoms with van der Waals surface area (Å²) in [6.07, 6.45) is 4.60. The Hall–Kier alpha value is -1.83. The van der Waals surface area contributed by atoms with Crippen molar-refractivity contribution >= 4 is 23.2 Å². The highest BCUT2D eigenvalue weighted by atomic mass is 35.5. The number of fused-ring (bicyclic) bond motifs is 1. The lowest BCUT2D eigenvalue weighted by atomic mass is 9.88. The molecule has 0 radical (unpaired) electrons. The maximum Gasteiger partial charge on any atom is 0.0711 e. The van der Waals surface area contributed by atoms with Gasteiger partial charge in [-0.25, -0.2) is 0 Å². The zero-order valence-electron chi connectivity index (χ0n) is 13.2. The smallest absolute Gasteiger partial charge is 0.0711 e. The van der Waals surface area contributed by atoms with Crippen molar-refractivity contribution in [3.8, 4) is 22.4 Å². The zero-order valence-corrected chi connectivity index (χ0v) is 14.7. The van der Waals surface area contributed by atoms with Crippen LogP contribution in [0.15, 0.2) is 54.6 Å². The Labute approximate surface area is 152 Å². The predicted molar refractivity (Wildman–Crippen MR) is 102 cm³/mol. The van der Waals surface area contributed by atoms with E-state index in [9.17, 15) is 0 Å². The van der Waals surface area contributed by atoms with Crippen molar-refractivity contribution in [1.82, 2.24) is 4.98 Å². The molecule has 0 saturated heterocycles. The first-order valence-electron chi connectivity index (χ1n) is 8.25. The molecule has 4 rings (SSSR count). The van der Waals surface area contributed by atoms with Gasteiger partial charge in [0.25, 0.3) is 0 Å². The molecule has 0 N–H and O–H groups in total. The third kappa shape index (κ3) is 3.07. The van der Waals surface area contributed by atoms with E-state index in [4.69, 9.17) is 28.2 Å². The molecule has 0 aliphatic heterocycles. The number of halogens is 2. The van der Waals surface area contributed by atoms with Crippen LogP contribution in [0.5, 0.6) is 0 Å². The summed E-state index contributed by atoms with van der Waals surface area (Å²) in [5.74, 6) is 0. The fraction of sp³-hybridized carbons (Fsp3) is 0.190. The van der Waals surface area contributed by atoms with Crippen LogP contribution in [-0.2, 0) is 12.8 Å². The van der Waals surface area contributed by atoms with Crippen molar-refractivity contribution in [2.75, 3.05) is 0 Å². The van der Waals surface area contributed by atoms with Crippen LogP contribution in [0.25, 0.3) is 22.4 Å². The van der Waals surface area contributed by atoms with E-state index in [2.05, 4.69) is 18.2 Å². The third-order valence-electron chi connectivity index (χ3n) is 4.60. The van der Waals surface area contributed by atoms with Crippen LogP contribution in [-0.4, -0.2) is 4.98 Å². The molecule has 24 heavy (non-hydrogen) atoms. The summed E-state index contributed by atoms with van der Waals surface area (Å²) in [7, 11) is 0. The standard InChI is InChI=1S/C21H17Cl2N/c22-16-9-5-14(6-10-16)19-13-21(15-7-11-17(23)12-8-15)24-20-4-2-1-3-18(19)20/h5-13H,1-4H2. The minimum Gasteiger partial charge on any atom is -0.253 e. The average molecular weight is 354 g/mol. The summed E-state index contributed by atoms with van der Waals surface area (Å²) in [6.45, 7) is 0. The highest BCUT2D eigenvalue weighted by Gasteiger charge is 2.18. The molecule has 0 spiro atoms. The van der Waals surface area contributed by atoms with Crippen molar-refractivity contribution in [3.63, 3.8) is 0 Å². The minimum absolute atomic E-state index is 0.745. The van der Waals surface area contributed by atoms with Gasteiger partial charge >= 0.3 is 0 Å². The number of nitrogens with zero attached hydrogens (tertiary/aromatic N) is 1. The Balaban J connectivity index is 1.89. The van der Waals surface area contributed by atoms with Crippen LogP contribution in [0.3, 0.4) is 0 Å². The second-order valence-electron chi connectivity index (χ2n) is 6.20. The molecule has 1 aromatic heterocycles. The van der Waals surface area contributed by atoms with Crippen LogP contribution in [0.1, 0.15) is 24.1 Å². The van der Waals surface area contributed by atoms with Crippen LogP contribution in [0.2, 0.25) is 10.0 Å². The quantitative estimate of drug-likeness (QED) is 0.505. The predicted octanol–water partition coefficient (Wildman–Crippen LogP) is 6.60. The second-order valence-corrected chi connectivity index (χ2v) is 7.07. The molecule has 3 heteroatoms. The monoisotopic (exact) mass is 353 g/mol. The maximum atomic E-state index is 6.06. The molecule has 3 aromatic rings. The Morgan fingerprint density at radius 3 is 1.96 bits per heavy atom. The summed E-state index contributed by atoms with van der Waals surface area (Å²) in [4.78, 5) is 4.95. The van der Waals surface area contributed by atoms with Gasteiger partial charge in [0.15, 0.2) is 0 Å². The van der Waals surface area contributed by atoms with Gasteiger partial charge in [0.05, 0.1) is 5.69 Å². The summed E-state index contributed by atoms with van der Waals surface area (Å²) in [5.41, 5.74) is 7.22. The molecular formula is C21H17Cl2N. The summed E-state index contributed by atoms with van der Waals surface area (Å²) in [5, 5.41) is 1.51. The fourth-order valence-corrected chi connectivity index (χ4v) is 3.61. The molecule has 0 bridgehead atoms. The number of hydrogen-bond donors (Lipinski definition) is 0. The lowest BCUT2D eigenvalue weighted by molar-refractivity contribution is 0.670. The average Bonchev–Trinajstić information content (AvgIpc) is 2.62. The Kier molecular flexibility index (Phi) is 4.30. The molecule has 0 saturated carbocycles. The van der Waals surface area contributed by atoms with Crippen molar-refractivity contribution in [1.29, 1.82) is 0 Å². The fourth-order valence-electron chi connectivity index (χ4n) is 3.36. The third-order valence-corrected chi connectivity index (χ3v) is 5.10. The van der Waals surface area contributed by atoms with Crippen LogP contribution >= 0.6 is 23.2 Å². The lowest BCUT2D eigenvalue weighted by Gasteiger charge is -2.20. The van der Waals surface area contributed by atoms with Gasteiger partial charge in [-0.2, -0.15) is 0 Å². The van der Waals surface area contributed by atoms with Gasteiger partial charge in [0.2, 0.25) is 0 Å². The SMILES string of the molecule is Clc1ccc(-c2cc(-c3ccc(Cl)cc3)c3c(n2)CCCC3)cc1. The van der Waals surface area contributed by atoms with Crippen molar-refractivity contribution in [3.05, 3.63) is 75.9 Å². The first kappa shape index (κ1) is 15.7. The van der Waals surface area contributed by atoms with E-state index >= 15 is 0 Å². The molecule has 0 atom stereocenters. The number of rotatable bonds is 2. The normalized spacial score (nSPS) is 13.6. The van der Waals surface area contributed by atoms with Gasteiger partial charge in [0.1, 0.15) is 0 Å². The number of benzene rings is 2. The van der Waals surface area contributed by atoms with Gasteiger partial charge < -0.3 is 0 Å². The molecule has 0 fully saturated rings. The van der Waals surface area contributed by atoms with E-state index in [0.717, 1.165) is 34.1 Å². The van der Waals surface area contributed by atoms with E-state index in [1.165, 1.54) is 35.2 Å². The highest BCUT2D eigenvalue weighted by molar-refractivity contribution is 6.30. The van der Waals surface area contributed by atoms with Crippen LogP contribution in [0.4, 0.5) is 0 Å². The van der Waals surface area contributed by atoms with Crippen molar-refractivity contribution < 1.29 is 0 Å². The largest absolute Gasteiger partial charge is 0.253 e. The van der Waals surface area contributed by atoms with Gasteiger partial charge in [-0.15, -0.1) is 0 Å². The molecule has 0 amide bonds. The molecule has 1 aliphatic carbocycles. The Morgan fingerprint density at radius 1 is 0.708 bits per heavy atom. The van der Waals surface area contributed by atoms with Gasteiger partial charge in [0, 0.05) is 21.3 Å². The highest BCUT2D eigenvalue weighted by Crippen LogP contribution is 2.34. The summed E-state index contributed by atoms with van der Waals surface area (Å²) < 4.78 is 0. The number of hydrogen-bond acceptors (Lipinski definition) is 1. The Bertz CT molecular complexity index is 868. The second kappa shape index (κ2) is 6.58. The van der Waals surface area contributed by atoms with Gasteiger partial charge in [-0.3, -0.25) is 4.98 Å². The van der Waals surface area contributed by atoms with Crippen LogP contribution in [0, 0.1) is 0 Å². The molecule has 120 valence electrons. The number of aryl methyl sites for hydroxylation is 1. The van der Waals surface area contributed by atoms with E-state index < -0.39 is 0 Å².